The molecule has 0 saturated heterocycles. The number of benzene rings is 1. The Hall–Kier alpha value is -1.54. The van der Waals surface area contributed by atoms with Crippen molar-refractivity contribution >= 4 is 17.3 Å². The third kappa shape index (κ3) is 3.46. The molecule has 0 atom stereocenters. The predicted molar refractivity (Wildman–Crippen MR) is 72.3 cm³/mol. The highest BCUT2D eigenvalue weighted by Gasteiger charge is 1.97. The molecule has 88 valence electrons. The van der Waals surface area contributed by atoms with Crippen LogP contribution in [-0.4, -0.2) is 4.98 Å². The molecule has 1 heterocycles. The lowest BCUT2D eigenvalue weighted by Crippen LogP contribution is -2.02. The summed E-state index contributed by atoms with van der Waals surface area (Å²) in [5.74, 6) is 0.540. The Morgan fingerprint density at radius 2 is 2.00 bits per heavy atom. The van der Waals surface area contributed by atoms with E-state index >= 15 is 0 Å². The number of hydrogen-bond donors (Lipinski definition) is 1. The molecule has 0 aliphatic carbocycles. The molecule has 0 bridgehead atoms. The number of nitrogens with zero attached hydrogens (tertiary/aromatic N) is 1. The number of hydrogen-bond acceptors (Lipinski definition) is 2. The van der Waals surface area contributed by atoms with E-state index in [1.165, 1.54) is 0 Å². The monoisotopic (exact) mass is 246 g/mol. The number of aryl methyl sites for hydroxylation is 1. The van der Waals surface area contributed by atoms with Gasteiger partial charge in [-0.2, -0.15) is 0 Å². The standard InChI is InChI=1S/C14H15ClN2/c1-11-4-2-7-14(17-11)10-16-13-6-3-5-12(8-13)9-15/h2-8,16H,9-10H2,1H3. The third-order valence-electron chi connectivity index (χ3n) is 2.50. The molecular formula is C14H15ClN2. The average molecular weight is 247 g/mol. The predicted octanol–water partition coefficient (Wildman–Crippen LogP) is 3.74. The molecule has 0 amide bonds. The summed E-state index contributed by atoms with van der Waals surface area (Å²) in [7, 11) is 0. The molecule has 1 N–H and O–H groups in total. The van der Waals surface area contributed by atoms with E-state index in [0.29, 0.717) is 5.88 Å². The van der Waals surface area contributed by atoms with Gasteiger partial charge in [-0.15, -0.1) is 11.6 Å². The maximum atomic E-state index is 5.80. The molecule has 2 rings (SSSR count). The number of alkyl halides is 1. The highest BCUT2D eigenvalue weighted by atomic mass is 35.5. The molecule has 0 radical (unpaired) electrons. The number of nitrogens with one attached hydrogen (secondary N) is 1. The summed E-state index contributed by atoms with van der Waals surface area (Å²) in [6, 6.07) is 14.2. The lowest BCUT2D eigenvalue weighted by molar-refractivity contribution is 1.01. The highest BCUT2D eigenvalue weighted by molar-refractivity contribution is 6.17. The van der Waals surface area contributed by atoms with E-state index in [9.17, 15) is 0 Å². The van der Waals surface area contributed by atoms with Crippen molar-refractivity contribution in [3.05, 3.63) is 59.4 Å². The van der Waals surface area contributed by atoms with E-state index in [-0.39, 0.29) is 0 Å². The molecule has 2 nitrogen and oxygen atoms in total. The summed E-state index contributed by atoms with van der Waals surface area (Å²) in [5.41, 5.74) is 4.28. The zero-order valence-corrected chi connectivity index (χ0v) is 10.5. The normalized spacial score (nSPS) is 10.2. The maximum Gasteiger partial charge on any atom is 0.0597 e. The number of halogens is 1. The van der Waals surface area contributed by atoms with Gasteiger partial charge in [0, 0.05) is 17.3 Å². The van der Waals surface area contributed by atoms with Gasteiger partial charge in [-0.3, -0.25) is 4.98 Å². The van der Waals surface area contributed by atoms with Crippen LogP contribution in [0.4, 0.5) is 5.69 Å². The third-order valence-corrected chi connectivity index (χ3v) is 2.81. The summed E-state index contributed by atoms with van der Waals surface area (Å²) in [6.07, 6.45) is 0. The largest absolute Gasteiger partial charge is 0.379 e. The molecule has 0 saturated carbocycles. The van der Waals surface area contributed by atoms with Gasteiger partial charge in [0.15, 0.2) is 0 Å². The van der Waals surface area contributed by atoms with Crippen LogP contribution < -0.4 is 5.32 Å². The van der Waals surface area contributed by atoms with E-state index < -0.39 is 0 Å². The minimum atomic E-state index is 0.540. The average Bonchev–Trinajstić information content (AvgIpc) is 2.37. The minimum Gasteiger partial charge on any atom is -0.379 e. The number of rotatable bonds is 4. The first kappa shape index (κ1) is 11.9. The molecule has 0 fully saturated rings. The SMILES string of the molecule is Cc1cccc(CNc2cccc(CCl)c2)n1. The van der Waals surface area contributed by atoms with E-state index in [1.807, 2.05) is 43.3 Å². The first-order valence-electron chi connectivity index (χ1n) is 5.59. The lowest BCUT2D eigenvalue weighted by atomic mass is 10.2. The van der Waals surface area contributed by atoms with E-state index in [1.54, 1.807) is 0 Å². The van der Waals surface area contributed by atoms with Crippen LogP contribution in [-0.2, 0) is 12.4 Å². The van der Waals surface area contributed by atoms with Gasteiger partial charge in [-0.1, -0.05) is 18.2 Å². The molecule has 17 heavy (non-hydrogen) atoms. The minimum absolute atomic E-state index is 0.540. The van der Waals surface area contributed by atoms with Crippen molar-refractivity contribution in [2.75, 3.05) is 5.32 Å². The second-order valence-electron chi connectivity index (χ2n) is 3.96. The van der Waals surface area contributed by atoms with Crippen molar-refractivity contribution in [1.82, 2.24) is 4.98 Å². The van der Waals surface area contributed by atoms with Crippen molar-refractivity contribution < 1.29 is 0 Å². The zero-order chi connectivity index (χ0) is 12.1. The quantitative estimate of drug-likeness (QED) is 0.832. The van der Waals surface area contributed by atoms with E-state index in [2.05, 4.69) is 16.4 Å². The Morgan fingerprint density at radius 3 is 2.76 bits per heavy atom. The lowest BCUT2D eigenvalue weighted by Gasteiger charge is -2.07. The summed E-state index contributed by atoms with van der Waals surface area (Å²) < 4.78 is 0. The van der Waals surface area contributed by atoms with Gasteiger partial charge in [-0.05, 0) is 36.8 Å². The molecule has 0 aliphatic rings. The van der Waals surface area contributed by atoms with E-state index in [0.717, 1.165) is 29.2 Å². The number of pyridine rings is 1. The molecular weight excluding hydrogens is 232 g/mol. The van der Waals surface area contributed by atoms with Crippen molar-refractivity contribution in [3.63, 3.8) is 0 Å². The van der Waals surface area contributed by atoms with Crippen molar-refractivity contribution in [1.29, 1.82) is 0 Å². The van der Waals surface area contributed by atoms with Gasteiger partial charge in [0.1, 0.15) is 0 Å². The first-order chi connectivity index (χ1) is 8.28. The molecule has 0 spiro atoms. The van der Waals surface area contributed by atoms with Crippen LogP contribution in [0.3, 0.4) is 0 Å². The van der Waals surface area contributed by atoms with Crippen LogP contribution >= 0.6 is 11.6 Å². The van der Waals surface area contributed by atoms with Crippen molar-refractivity contribution in [2.24, 2.45) is 0 Å². The van der Waals surface area contributed by atoms with Crippen LogP contribution in [0.2, 0.25) is 0 Å². The van der Waals surface area contributed by atoms with Crippen LogP contribution in [0.1, 0.15) is 17.0 Å². The van der Waals surface area contributed by atoms with Crippen LogP contribution in [0.5, 0.6) is 0 Å². The fraction of sp³-hybridized carbons (Fsp3) is 0.214. The second-order valence-corrected chi connectivity index (χ2v) is 4.23. The topological polar surface area (TPSA) is 24.9 Å². The number of anilines is 1. The summed E-state index contributed by atoms with van der Waals surface area (Å²) >= 11 is 5.80. The fourth-order valence-corrected chi connectivity index (χ4v) is 1.82. The Bertz CT molecular complexity index is 497. The molecule has 2 aromatic rings. The van der Waals surface area contributed by atoms with Crippen LogP contribution in [0, 0.1) is 6.92 Å². The van der Waals surface area contributed by atoms with Gasteiger partial charge in [-0.25, -0.2) is 0 Å². The Kier molecular flexibility index (Phi) is 3.99. The van der Waals surface area contributed by atoms with Gasteiger partial charge < -0.3 is 5.32 Å². The zero-order valence-electron chi connectivity index (χ0n) is 9.78. The van der Waals surface area contributed by atoms with Crippen molar-refractivity contribution in [2.45, 2.75) is 19.3 Å². The molecule has 0 unspecified atom stereocenters. The number of aromatic nitrogens is 1. The van der Waals surface area contributed by atoms with Gasteiger partial charge in [0.2, 0.25) is 0 Å². The Labute approximate surface area is 107 Å². The van der Waals surface area contributed by atoms with E-state index in [4.69, 9.17) is 11.6 Å². The molecule has 3 heteroatoms. The summed E-state index contributed by atoms with van der Waals surface area (Å²) in [6.45, 7) is 2.73. The fourth-order valence-electron chi connectivity index (χ4n) is 1.65. The van der Waals surface area contributed by atoms with Crippen molar-refractivity contribution in [3.8, 4) is 0 Å². The maximum absolute atomic E-state index is 5.80. The van der Waals surface area contributed by atoms with Gasteiger partial charge in [0.25, 0.3) is 0 Å². The van der Waals surface area contributed by atoms with Crippen LogP contribution in [0.15, 0.2) is 42.5 Å². The highest BCUT2D eigenvalue weighted by Crippen LogP contribution is 2.13. The summed E-state index contributed by atoms with van der Waals surface area (Å²) in [4.78, 5) is 4.44. The molecule has 0 aliphatic heterocycles. The second kappa shape index (κ2) is 5.69. The smallest absolute Gasteiger partial charge is 0.0597 e. The molecule has 1 aromatic carbocycles. The molecule has 1 aromatic heterocycles. The Balaban J connectivity index is 2.02. The Morgan fingerprint density at radius 1 is 1.18 bits per heavy atom. The van der Waals surface area contributed by atoms with Gasteiger partial charge >= 0.3 is 0 Å². The van der Waals surface area contributed by atoms with Crippen LogP contribution in [0.25, 0.3) is 0 Å². The first-order valence-corrected chi connectivity index (χ1v) is 6.13. The van der Waals surface area contributed by atoms with Gasteiger partial charge in [0.05, 0.1) is 12.2 Å². The summed E-state index contributed by atoms with van der Waals surface area (Å²) in [5, 5.41) is 3.34.